The van der Waals surface area contributed by atoms with Gasteiger partial charge in [0.1, 0.15) is 17.2 Å². The van der Waals surface area contributed by atoms with Gasteiger partial charge in [-0.05, 0) is 69.4 Å². The lowest BCUT2D eigenvalue weighted by Gasteiger charge is -2.50. The quantitative estimate of drug-likeness (QED) is 0.305. The molecule has 12 heteroatoms. The van der Waals surface area contributed by atoms with E-state index in [9.17, 15) is 14.7 Å². The van der Waals surface area contributed by atoms with Gasteiger partial charge in [0.2, 0.25) is 0 Å². The molecular weight excluding hydrogens is 620 g/mol. The number of amides is 1. The van der Waals surface area contributed by atoms with Gasteiger partial charge < -0.3 is 34.1 Å². The van der Waals surface area contributed by atoms with Crippen LogP contribution >= 0.6 is 0 Å². The molecule has 0 saturated carbocycles. The number of fused-ring (bicyclic) bond motifs is 3. The first-order chi connectivity index (χ1) is 23.8. The molecule has 2 N–H and O–H groups in total. The van der Waals surface area contributed by atoms with E-state index >= 15 is 0 Å². The summed E-state index contributed by atoms with van der Waals surface area (Å²) in [5.74, 6) is 0.480. The maximum Gasteiger partial charge on any atom is 0.275 e. The number of nitrogens with zero attached hydrogens (tertiary/aromatic N) is 7. The van der Waals surface area contributed by atoms with Crippen LogP contribution in [0.25, 0.3) is 11.1 Å². The Morgan fingerprint density at radius 3 is 2.59 bits per heavy atom. The first-order valence-corrected chi connectivity index (χ1v) is 17.5. The van der Waals surface area contributed by atoms with E-state index in [1.165, 1.54) is 15.8 Å². The second-order valence-corrected chi connectivity index (χ2v) is 14.0. The van der Waals surface area contributed by atoms with Crippen LogP contribution in [0.2, 0.25) is 0 Å². The Balaban J connectivity index is 1.04. The van der Waals surface area contributed by atoms with Gasteiger partial charge in [0.25, 0.3) is 11.5 Å². The standard InChI is InChI=1S/C37H44N8O4/c1-23-18-45(28-21-49-22-28)24(2)17-44(23)27-8-9-35(39-14-27)40-31-12-26(19-41(3)36(31)47)29-15-38-16-34(30(29)20-46)43-11-10-42-32-7-5-4-6-25(32)13-33(42)37(43)48/h8-9,12-16,19,23-24,28,46H,4-7,10-11,17-18,20-22H2,1-3H3,(H,39,40)/t23-,24+/m0/s1. The topological polar surface area (TPSA) is 121 Å². The first kappa shape index (κ1) is 31.7. The summed E-state index contributed by atoms with van der Waals surface area (Å²) < 4.78 is 9.13. The highest BCUT2D eigenvalue weighted by Gasteiger charge is 2.37. The number of aryl methyl sites for hydroxylation is 2. The lowest BCUT2D eigenvalue weighted by Crippen LogP contribution is -2.63. The number of anilines is 4. The van der Waals surface area contributed by atoms with Crippen molar-refractivity contribution in [1.29, 1.82) is 0 Å². The van der Waals surface area contributed by atoms with Gasteiger partial charge in [0.05, 0.1) is 49.6 Å². The SMILES string of the molecule is C[C@@H]1CN(c2ccc(Nc3cc(-c4cncc(N5CCn6c(cc7c6CCCC7)C5=O)c4CO)cn(C)c3=O)nc2)[C@@H](C)CN1C1COC1. The Hall–Kier alpha value is -4.52. The fraction of sp³-hybridized carbons (Fsp3) is 0.459. The largest absolute Gasteiger partial charge is 0.392 e. The van der Waals surface area contributed by atoms with Crippen LogP contribution in [-0.4, -0.2) is 86.0 Å². The molecule has 1 amide bonds. The number of carbonyl (C=O) groups is 1. The van der Waals surface area contributed by atoms with E-state index in [1.807, 2.05) is 12.3 Å². The molecule has 8 rings (SSSR count). The molecule has 4 aromatic rings. The third-order valence-electron chi connectivity index (χ3n) is 10.9. The van der Waals surface area contributed by atoms with Crippen molar-refractivity contribution >= 4 is 28.8 Å². The lowest BCUT2D eigenvalue weighted by molar-refractivity contribution is -0.0828. The molecule has 3 aliphatic heterocycles. The Morgan fingerprint density at radius 2 is 1.84 bits per heavy atom. The van der Waals surface area contributed by atoms with Crippen molar-refractivity contribution in [2.45, 2.75) is 70.8 Å². The second-order valence-electron chi connectivity index (χ2n) is 14.0. The van der Waals surface area contributed by atoms with Gasteiger partial charge in [-0.3, -0.25) is 19.5 Å². The maximum atomic E-state index is 13.8. The molecule has 7 heterocycles. The number of piperazine rings is 1. The number of aliphatic hydroxyl groups is 1. The minimum absolute atomic E-state index is 0.0784. The highest BCUT2D eigenvalue weighted by atomic mass is 16.5. The zero-order chi connectivity index (χ0) is 33.8. The molecule has 0 bridgehead atoms. The zero-order valence-electron chi connectivity index (χ0n) is 28.4. The van der Waals surface area contributed by atoms with E-state index < -0.39 is 0 Å². The predicted octanol–water partition coefficient (Wildman–Crippen LogP) is 3.72. The normalized spacial score (nSPS) is 21.3. The van der Waals surface area contributed by atoms with Crippen LogP contribution in [0.5, 0.6) is 0 Å². The average Bonchev–Trinajstić information content (AvgIpc) is 3.47. The van der Waals surface area contributed by atoms with Gasteiger partial charge in [-0.2, -0.15) is 0 Å². The minimum Gasteiger partial charge on any atom is -0.392 e. The summed E-state index contributed by atoms with van der Waals surface area (Å²) in [6, 6.07) is 9.04. The molecule has 0 unspecified atom stereocenters. The first-order valence-electron chi connectivity index (χ1n) is 17.5. The summed E-state index contributed by atoms with van der Waals surface area (Å²) in [4.78, 5) is 43.0. The van der Waals surface area contributed by atoms with Crippen molar-refractivity contribution in [3.63, 3.8) is 0 Å². The molecule has 12 nitrogen and oxygen atoms in total. The number of hydrogen-bond acceptors (Lipinski definition) is 9. The molecule has 49 heavy (non-hydrogen) atoms. The van der Waals surface area contributed by atoms with Gasteiger partial charge in [0.15, 0.2) is 0 Å². The second kappa shape index (κ2) is 12.7. The minimum atomic E-state index is -0.289. The third-order valence-corrected chi connectivity index (χ3v) is 10.9. The number of ether oxygens (including phenoxy) is 1. The number of nitrogens with one attached hydrogen (secondary N) is 1. The summed E-state index contributed by atoms with van der Waals surface area (Å²) in [5.41, 5.74) is 6.99. The van der Waals surface area contributed by atoms with Crippen molar-refractivity contribution in [2.75, 3.05) is 48.0 Å². The van der Waals surface area contributed by atoms with Crippen LogP contribution in [0.1, 0.15) is 54.0 Å². The van der Waals surface area contributed by atoms with Gasteiger partial charge in [-0.25, -0.2) is 4.98 Å². The van der Waals surface area contributed by atoms with Gasteiger partial charge >= 0.3 is 0 Å². The number of aromatic nitrogens is 4. The molecule has 2 saturated heterocycles. The number of rotatable bonds is 7. The van der Waals surface area contributed by atoms with Crippen LogP contribution in [-0.2, 0) is 37.8 Å². The van der Waals surface area contributed by atoms with E-state index in [4.69, 9.17) is 9.72 Å². The van der Waals surface area contributed by atoms with Gasteiger partial charge in [-0.15, -0.1) is 0 Å². The monoisotopic (exact) mass is 664 g/mol. The van der Waals surface area contributed by atoms with E-state index in [0.29, 0.717) is 70.8 Å². The van der Waals surface area contributed by atoms with Crippen molar-refractivity contribution in [1.82, 2.24) is 24.0 Å². The molecule has 0 radical (unpaired) electrons. The Morgan fingerprint density at radius 1 is 1.00 bits per heavy atom. The lowest BCUT2D eigenvalue weighted by atomic mass is 9.98. The predicted molar refractivity (Wildman–Crippen MR) is 189 cm³/mol. The number of carbonyl (C=O) groups excluding carboxylic acids is 1. The van der Waals surface area contributed by atoms with Gasteiger partial charge in [0, 0.05) is 80.1 Å². The van der Waals surface area contributed by atoms with Crippen molar-refractivity contribution in [2.24, 2.45) is 7.05 Å². The van der Waals surface area contributed by atoms with Crippen LogP contribution < -0.4 is 20.7 Å². The molecule has 4 aromatic heterocycles. The summed E-state index contributed by atoms with van der Waals surface area (Å²) in [6.45, 7) is 8.95. The number of aliphatic hydroxyl groups excluding tert-OH is 1. The molecule has 1 aliphatic carbocycles. The van der Waals surface area contributed by atoms with Gasteiger partial charge in [-0.1, -0.05) is 0 Å². The molecule has 2 atom stereocenters. The van der Waals surface area contributed by atoms with E-state index in [0.717, 1.165) is 57.7 Å². The van der Waals surface area contributed by atoms with Crippen LogP contribution in [0.4, 0.5) is 22.9 Å². The van der Waals surface area contributed by atoms with E-state index in [2.05, 4.69) is 50.6 Å². The Labute approximate surface area is 285 Å². The number of pyridine rings is 3. The fourth-order valence-corrected chi connectivity index (χ4v) is 8.14. The van der Waals surface area contributed by atoms with Crippen molar-refractivity contribution in [3.05, 3.63) is 81.9 Å². The van der Waals surface area contributed by atoms with Crippen LogP contribution in [0.3, 0.4) is 0 Å². The highest BCUT2D eigenvalue weighted by molar-refractivity contribution is 6.07. The smallest absolute Gasteiger partial charge is 0.275 e. The summed E-state index contributed by atoms with van der Waals surface area (Å²) >= 11 is 0. The molecule has 4 aliphatic rings. The molecular formula is C37H44N8O4. The fourth-order valence-electron chi connectivity index (χ4n) is 8.14. The highest BCUT2D eigenvalue weighted by Crippen LogP contribution is 2.35. The van der Waals surface area contributed by atoms with Crippen molar-refractivity contribution in [3.8, 4) is 11.1 Å². The summed E-state index contributed by atoms with van der Waals surface area (Å²) in [7, 11) is 1.70. The summed E-state index contributed by atoms with van der Waals surface area (Å²) in [6.07, 6.45) is 11.3. The van der Waals surface area contributed by atoms with E-state index in [1.54, 1.807) is 36.6 Å². The third kappa shape index (κ3) is 5.61. The zero-order valence-corrected chi connectivity index (χ0v) is 28.4. The maximum absolute atomic E-state index is 13.8. The molecule has 2 fully saturated rings. The van der Waals surface area contributed by atoms with Crippen LogP contribution in [0, 0.1) is 0 Å². The molecule has 256 valence electrons. The average molecular weight is 665 g/mol. The number of hydrogen-bond donors (Lipinski definition) is 2. The Kier molecular flexibility index (Phi) is 8.25. The molecule has 0 aromatic carbocycles. The molecule has 0 spiro atoms. The summed E-state index contributed by atoms with van der Waals surface area (Å²) in [5, 5.41) is 13.9. The van der Waals surface area contributed by atoms with Crippen LogP contribution in [0.15, 0.2) is 53.8 Å². The van der Waals surface area contributed by atoms with E-state index in [-0.39, 0.29) is 18.1 Å². The Bertz CT molecular complexity index is 1950. The van der Waals surface area contributed by atoms with Crippen molar-refractivity contribution < 1.29 is 14.6 Å².